The highest BCUT2D eigenvalue weighted by molar-refractivity contribution is 7.97. The van der Waals surface area contributed by atoms with Gasteiger partial charge in [-0.2, -0.15) is 10.2 Å². The lowest BCUT2D eigenvalue weighted by Gasteiger charge is -2.20. The molecule has 0 spiro atoms. The standard InChI is InChI=1S/C22H27FN6OS/c1-22(2,3)21-17(11-24-29-21)30-13-5-4-12(8-13)16-9-19(28-27-16)26-15-6-7-18-14(20(15)23)10-25-31-18/h6-7,9,11-13,25H,4-5,8,10H2,1-3H3,(H,24,29)(H2,26,27,28)/t12-,13+/m1/s1. The molecule has 0 saturated heterocycles. The quantitative estimate of drug-likeness (QED) is 0.409. The first-order valence-electron chi connectivity index (χ1n) is 10.6. The van der Waals surface area contributed by atoms with Gasteiger partial charge in [0.25, 0.3) is 0 Å². The van der Waals surface area contributed by atoms with Crippen LogP contribution in [0.3, 0.4) is 0 Å². The number of H-pyrrole nitrogens is 2. The van der Waals surface area contributed by atoms with Gasteiger partial charge in [0, 0.05) is 40.1 Å². The zero-order chi connectivity index (χ0) is 21.6. The largest absolute Gasteiger partial charge is 0.487 e. The summed E-state index contributed by atoms with van der Waals surface area (Å²) < 4.78 is 24.1. The van der Waals surface area contributed by atoms with Gasteiger partial charge >= 0.3 is 0 Å². The molecule has 2 aliphatic rings. The van der Waals surface area contributed by atoms with Gasteiger partial charge in [0.2, 0.25) is 0 Å². The lowest BCUT2D eigenvalue weighted by Crippen LogP contribution is -2.17. The van der Waals surface area contributed by atoms with Gasteiger partial charge < -0.3 is 10.1 Å². The van der Waals surface area contributed by atoms with Gasteiger partial charge in [-0.1, -0.05) is 20.8 Å². The summed E-state index contributed by atoms with van der Waals surface area (Å²) in [6, 6.07) is 5.67. The fourth-order valence-electron chi connectivity index (χ4n) is 4.31. The van der Waals surface area contributed by atoms with E-state index in [1.165, 1.54) is 11.9 Å². The van der Waals surface area contributed by atoms with Crippen molar-refractivity contribution in [2.24, 2.45) is 0 Å². The van der Waals surface area contributed by atoms with E-state index in [9.17, 15) is 4.39 Å². The summed E-state index contributed by atoms with van der Waals surface area (Å²) in [4.78, 5) is 0.940. The van der Waals surface area contributed by atoms with Crippen molar-refractivity contribution in [1.82, 2.24) is 25.1 Å². The molecule has 4 N–H and O–H groups in total. The molecule has 2 aromatic heterocycles. The number of ether oxygens (including phenoxy) is 1. The molecule has 0 unspecified atom stereocenters. The van der Waals surface area contributed by atoms with Crippen molar-refractivity contribution in [2.75, 3.05) is 5.32 Å². The van der Waals surface area contributed by atoms with E-state index in [4.69, 9.17) is 4.74 Å². The van der Waals surface area contributed by atoms with Crippen molar-refractivity contribution in [2.45, 2.75) is 68.9 Å². The van der Waals surface area contributed by atoms with Crippen molar-refractivity contribution in [3.8, 4) is 5.75 Å². The smallest absolute Gasteiger partial charge is 0.161 e. The number of benzene rings is 1. The molecule has 5 rings (SSSR count). The minimum atomic E-state index is -0.219. The Morgan fingerprint density at radius 1 is 1.23 bits per heavy atom. The number of anilines is 2. The van der Waals surface area contributed by atoms with Gasteiger partial charge in [-0.15, -0.1) is 0 Å². The molecule has 1 aromatic carbocycles. The van der Waals surface area contributed by atoms with E-state index in [2.05, 4.69) is 51.2 Å². The monoisotopic (exact) mass is 442 g/mol. The molecule has 9 heteroatoms. The molecule has 0 radical (unpaired) electrons. The SMILES string of the molecule is CC(C)(C)c1[nH]ncc1O[C@H]1CC[C@@H](c2cc(Nc3ccc4c(c3F)CNS4)n[nH]2)C1. The highest BCUT2D eigenvalue weighted by Crippen LogP contribution is 2.39. The zero-order valence-corrected chi connectivity index (χ0v) is 18.7. The van der Waals surface area contributed by atoms with Crippen LogP contribution in [0.2, 0.25) is 0 Å². The predicted molar refractivity (Wildman–Crippen MR) is 119 cm³/mol. The maximum atomic E-state index is 14.7. The van der Waals surface area contributed by atoms with Crippen molar-refractivity contribution in [3.05, 3.63) is 47.2 Å². The lowest BCUT2D eigenvalue weighted by molar-refractivity contribution is 0.203. The van der Waals surface area contributed by atoms with Crippen LogP contribution >= 0.6 is 11.9 Å². The molecule has 0 bridgehead atoms. The van der Waals surface area contributed by atoms with Gasteiger partial charge in [-0.3, -0.25) is 14.9 Å². The number of hydrogen-bond acceptors (Lipinski definition) is 6. The highest BCUT2D eigenvalue weighted by atomic mass is 32.2. The number of nitrogens with zero attached hydrogens (tertiary/aromatic N) is 2. The van der Waals surface area contributed by atoms with Crippen LogP contribution in [0.5, 0.6) is 5.75 Å². The average molecular weight is 443 g/mol. The van der Waals surface area contributed by atoms with Gasteiger partial charge in [0.1, 0.15) is 0 Å². The fraction of sp³-hybridized carbons (Fsp3) is 0.455. The first kappa shape index (κ1) is 20.4. The van der Waals surface area contributed by atoms with E-state index in [0.29, 0.717) is 29.5 Å². The van der Waals surface area contributed by atoms with Crippen LogP contribution in [-0.2, 0) is 12.0 Å². The van der Waals surface area contributed by atoms with Gasteiger partial charge in [-0.05, 0) is 43.3 Å². The molecule has 1 saturated carbocycles. The predicted octanol–water partition coefficient (Wildman–Crippen LogP) is 5.14. The Kier molecular flexibility index (Phi) is 5.18. The van der Waals surface area contributed by atoms with Crippen molar-refractivity contribution >= 4 is 23.5 Å². The molecule has 1 aliphatic heterocycles. The van der Waals surface area contributed by atoms with Gasteiger partial charge in [-0.25, -0.2) is 4.39 Å². The van der Waals surface area contributed by atoms with Crippen molar-refractivity contribution in [3.63, 3.8) is 0 Å². The molecular formula is C22H27FN6OS. The Balaban J connectivity index is 1.24. The summed E-state index contributed by atoms with van der Waals surface area (Å²) in [5, 5.41) is 17.9. The first-order chi connectivity index (χ1) is 14.9. The molecule has 31 heavy (non-hydrogen) atoms. The Bertz CT molecular complexity index is 1090. The molecule has 1 aliphatic carbocycles. The normalized spacial score (nSPS) is 20.8. The van der Waals surface area contributed by atoms with Crippen molar-refractivity contribution < 1.29 is 9.13 Å². The molecule has 3 heterocycles. The average Bonchev–Trinajstić information content (AvgIpc) is 3.50. The summed E-state index contributed by atoms with van der Waals surface area (Å²) in [6.07, 6.45) is 4.82. The van der Waals surface area contributed by atoms with E-state index >= 15 is 0 Å². The number of nitrogens with one attached hydrogen (secondary N) is 4. The minimum Gasteiger partial charge on any atom is -0.487 e. The van der Waals surface area contributed by atoms with E-state index < -0.39 is 0 Å². The highest BCUT2D eigenvalue weighted by Gasteiger charge is 2.31. The van der Waals surface area contributed by atoms with Gasteiger partial charge in [0.15, 0.2) is 17.4 Å². The molecule has 0 amide bonds. The van der Waals surface area contributed by atoms with Crippen LogP contribution in [0, 0.1) is 5.82 Å². The molecule has 2 atom stereocenters. The van der Waals surface area contributed by atoms with Crippen molar-refractivity contribution in [1.29, 1.82) is 0 Å². The van der Waals surface area contributed by atoms with Gasteiger partial charge in [0.05, 0.1) is 23.7 Å². The van der Waals surface area contributed by atoms with Crippen LogP contribution in [0.25, 0.3) is 0 Å². The number of fused-ring (bicyclic) bond motifs is 1. The van der Waals surface area contributed by atoms with E-state index in [1.807, 2.05) is 12.1 Å². The number of rotatable bonds is 5. The second-order valence-electron chi connectivity index (χ2n) is 9.27. The van der Waals surface area contributed by atoms with E-state index in [1.54, 1.807) is 12.3 Å². The second kappa shape index (κ2) is 7.87. The lowest BCUT2D eigenvalue weighted by atomic mass is 9.92. The Morgan fingerprint density at radius 3 is 2.94 bits per heavy atom. The van der Waals surface area contributed by atoms with Crippen LogP contribution in [0.4, 0.5) is 15.9 Å². The minimum absolute atomic E-state index is 0.0463. The fourth-order valence-corrected chi connectivity index (χ4v) is 5.10. The summed E-state index contributed by atoms with van der Waals surface area (Å²) in [5.41, 5.74) is 3.18. The topological polar surface area (TPSA) is 90.7 Å². The third-order valence-corrected chi connectivity index (χ3v) is 6.86. The number of aromatic amines is 2. The molecule has 3 aromatic rings. The van der Waals surface area contributed by atoms with E-state index in [-0.39, 0.29) is 17.3 Å². The van der Waals surface area contributed by atoms with Crippen LogP contribution < -0.4 is 14.8 Å². The summed E-state index contributed by atoms with van der Waals surface area (Å²) in [6.45, 7) is 6.96. The Hall–Kier alpha value is -2.52. The maximum Gasteiger partial charge on any atom is 0.161 e. The third-order valence-electron chi connectivity index (χ3n) is 5.96. The number of aromatic nitrogens is 4. The summed E-state index contributed by atoms with van der Waals surface area (Å²) in [7, 11) is 0. The third kappa shape index (κ3) is 4.04. The summed E-state index contributed by atoms with van der Waals surface area (Å²) in [5.74, 6) is 1.58. The molecule has 1 fully saturated rings. The molecule has 7 nitrogen and oxygen atoms in total. The molecular weight excluding hydrogens is 415 g/mol. The Labute approximate surface area is 185 Å². The van der Waals surface area contributed by atoms with Crippen LogP contribution in [0.1, 0.15) is 62.9 Å². The second-order valence-corrected chi connectivity index (χ2v) is 10.2. The van der Waals surface area contributed by atoms with Crippen LogP contribution in [0.15, 0.2) is 29.3 Å². The Morgan fingerprint density at radius 2 is 2.10 bits per heavy atom. The number of halogens is 1. The van der Waals surface area contributed by atoms with E-state index in [0.717, 1.165) is 41.3 Å². The molecule has 164 valence electrons. The van der Waals surface area contributed by atoms with Crippen LogP contribution in [-0.4, -0.2) is 26.5 Å². The first-order valence-corrected chi connectivity index (χ1v) is 11.4. The number of hydrogen-bond donors (Lipinski definition) is 4. The summed E-state index contributed by atoms with van der Waals surface area (Å²) >= 11 is 1.46. The maximum absolute atomic E-state index is 14.7. The zero-order valence-electron chi connectivity index (χ0n) is 17.9.